The molecule has 0 aliphatic carbocycles. The van der Waals surface area contributed by atoms with Gasteiger partial charge in [-0.05, 0) is 18.2 Å². The molecule has 0 bridgehead atoms. The van der Waals surface area contributed by atoms with Crippen molar-refractivity contribution in [2.75, 3.05) is 5.32 Å². The molecule has 0 radical (unpaired) electrons. The summed E-state index contributed by atoms with van der Waals surface area (Å²) in [5, 5.41) is 17.4. The van der Waals surface area contributed by atoms with Crippen molar-refractivity contribution < 1.29 is 19.1 Å². The zero-order valence-electron chi connectivity index (χ0n) is 11.0. The molecule has 0 fully saturated rings. The second-order valence-corrected chi connectivity index (χ2v) is 4.14. The summed E-state index contributed by atoms with van der Waals surface area (Å²) in [6.07, 6.45) is 1.49. The second-order valence-electron chi connectivity index (χ2n) is 4.14. The van der Waals surface area contributed by atoms with Gasteiger partial charge in [0.05, 0.1) is 17.8 Å². The number of rotatable bonds is 4. The van der Waals surface area contributed by atoms with Crippen LogP contribution in [0.3, 0.4) is 0 Å². The summed E-state index contributed by atoms with van der Waals surface area (Å²) in [5.74, 6) is -1.67. The zero-order valence-corrected chi connectivity index (χ0v) is 11.0. The van der Waals surface area contributed by atoms with Gasteiger partial charge in [0.1, 0.15) is 12.1 Å². The van der Waals surface area contributed by atoms with Crippen LogP contribution >= 0.6 is 0 Å². The Bertz CT molecular complexity index is 685. The Kier molecular flexibility index (Phi) is 4.12. The van der Waals surface area contributed by atoms with Crippen LogP contribution in [0.5, 0.6) is 0 Å². The quantitative estimate of drug-likeness (QED) is 0.778. The number of aromatic carboxylic acids is 1. The Morgan fingerprint density at radius 3 is 2.76 bits per heavy atom. The molecule has 0 spiro atoms. The molecule has 110 valence electrons. The SMILES string of the molecule is Cn1cnc(CNC(=O)Nc2ccc(C(=O)O)cc2F)n1. The van der Waals surface area contributed by atoms with E-state index in [4.69, 9.17) is 5.11 Å². The third kappa shape index (κ3) is 3.75. The zero-order chi connectivity index (χ0) is 15.4. The minimum Gasteiger partial charge on any atom is -0.478 e. The smallest absolute Gasteiger partial charge is 0.335 e. The van der Waals surface area contributed by atoms with Gasteiger partial charge in [-0.2, -0.15) is 5.10 Å². The topological polar surface area (TPSA) is 109 Å². The first-order valence-corrected chi connectivity index (χ1v) is 5.88. The first kappa shape index (κ1) is 14.4. The van der Waals surface area contributed by atoms with Gasteiger partial charge >= 0.3 is 12.0 Å². The van der Waals surface area contributed by atoms with E-state index in [0.29, 0.717) is 5.82 Å². The van der Waals surface area contributed by atoms with Gasteiger partial charge in [-0.1, -0.05) is 0 Å². The highest BCUT2D eigenvalue weighted by Crippen LogP contribution is 2.15. The van der Waals surface area contributed by atoms with Crippen LogP contribution in [-0.2, 0) is 13.6 Å². The van der Waals surface area contributed by atoms with Gasteiger partial charge in [-0.25, -0.2) is 19.0 Å². The van der Waals surface area contributed by atoms with Gasteiger partial charge in [0, 0.05) is 7.05 Å². The molecule has 0 saturated carbocycles. The fourth-order valence-corrected chi connectivity index (χ4v) is 1.54. The van der Waals surface area contributed by atoms with Crippen LogP contribution in [0, 0.1) is 5.82 Å². The van der Waals surface area contributed by atoms with Crippen molar-refractivity contribution in [1.29, 1.82) is 0 Å². The normalized spacial score (nSPS) is 10.2. The minimum atomic E-state index is -1.24. The lowest BCUT2D eigenvalue weighted by Gasteiger charge is -2.07. The molecule has 0 saturated heterocycles. The van der Waals surface area contributed by atoms with Gasteiger partial charge < -0.3 is 15.7 Å². The molecule has 0 unspecified atom stereocenters. The highest BCUT2D eigenvalue weighted by Gasteiger charge is 2.11. The van der Waals surface area contributed by atoms with E-state index in [1.807, 2.05) is 0 Å². The lowest BCUT2D eigenvalue weighted by Crippen LogP contribution is -2.29. The number of amides is 2. The highest BCUT2D eigenvalue weighted by molar-refractivity contribution is 5.91. The summed E-state index contributed by atoms with van der Waals surface area (Å²) < 4.78 is 15.1. The molecule has 21 heavy (non-hydrogen) atoms. The third-order valence-electron chi connectivity index (χ3n) is 2.52. The van der Waals surface area contributed by atoms with Crippen LogP contribution in [-0.4, -0.2) is 31.9 Å². The molecule has 3 N–H and O–H groups in total. The number of nitrogens with one attached hydrogen (secondary N) is 2. The number of carbonyl (C=O) groups excluding carboxylic acids is 1. The van der Waals surface area contributed by atoms with E-state index in [-0.39, 0.29) is 17.8 Å². The third-order valence-corrected chi connectivity index (χ3v) is 2.52. The van der Waals surface area contributed by atoms with Crippen molar-refractivity contribution in [2.24, 2.45) is 7.05 Å². The van der Waals surface area contributed by atoms with Gasteiger partial charge in [0.25, 0.3) is 0 Å². The molecule has 2 aromatic rings. The number of anilines is 1. The van der Waals surface area contributed by atoms with Crippen molar-refractivity contribution >= 4 is 17.7 Å². The van der Waals surface area contributed by atoms with Crippen LogP contribution in [0.25, 0.3) is 0 Å². The lowest BCUT2D eigenvalue weighted by molar-refractivity contribution is 0.0696. The number of benzene rings is 1. The molecule has 8 nitrogen and oxygen atoms in total. The van der Waals surface area contributed by atoms with Gasteiger partial charge in [0.2, 0.25) is 0 Å². The maximum absolute atomic E-state index is 13.6. The van der Waals surface area contributed by atoms with E-state index in [9.17, 15) is 14.0 Å². The standard InChI is InChI=1S/C12H12FN5O3/c1-18-6-15-10(17-18)5-14-12(21)16-9-3-2-7(11(19)20)4-8(9)13/h2-4,6H,5H2,1H3,(H,19,20)(H2,14,16,21). The first-order valence-electron chi connectivity index (χ1n) is 5.88. The summed E-state index contributed by atoms with van der Waals surface area (Å²) in [4.78, 5) is 26.2. The van der Waals surface area contributed by atoms with Gasteiger partial charge in [0.15, 0.2) is 5.82 Å². The van der Waals surface area contributed by atoms with E-state index in [1.54, 1.807) is 7.05 Å². The van der Waals surface area contributed by atoms with Gasteiger partial charge in [-0.15, -0.1) is 0 Å². The van der Waals surface area contributed by atoms with Crippen LogP contribution < -0.4 is 10.6 Å². The fourth-order valence-electron chi connectivity index (χ4n) is 1.54. The lowest BCUT2D eigenvalue weighted by atomic mass is 10.2. The van der Waals surface area contributed by atoms with E-state index < -0.39 is 17.8 Å². The van der Waals surface area contributed by atoms with E-state index in [0.717, 1.165) is 6.07 Å². The number of aryl methyl sites for hydroxylation is 1. The summed E-state index contributed by atoms with van der Waals surface area (Å²) in [5.41, 5.74) is -0.317. The molecule has 2 amide bonds. The van der Waals surface area contributed by atoms with Crippen LogP contribution in [0.15, 0.2) is 24.5 Å². The Morgan fingerprint density at radius 1 is 1.43 bits per heavy atom. The molecular formula is C12H12FN5O3. The predicted octanol–water partition coefficient (Wildman–Crippen LogP) is 0.974. The van der Waals surface area contributed by atoms with E-state index >= 15 is 0 Å². The average molecular weight is 293 g/mol. The number of carbonyl (C=O) groups is 2. The van der Waals surface area contributed by atoms with Crippen molar-refractivity contribution in [2.45, 2.75) is 6.54 Å². The van der Waals surface area contributed by atoms with Crippen molar-refractivity contribution in [3.05, 3.63) is 41.7 Å². The molecule has 0 atom stereocenters. The van der Waals surface area contributed by atoms with Crippen LogP contribution in [0.2, 0.25) is 0 Å². The average Bonchev–Trinajstić information content (AvgIpc) is 2.84. The number of carboxylic acid groups (broad SMARTS) is 1. The van der Waals surface area contributed by atoms with Crippen molar-refractivity contribution in [1.82, 2.24) is 20.1 Å². The van der Waals surface area contributed by atoms with Crippen LogP contribution in [0.1, 0.15) is 16.2 Å². The Hall–Kier alpha value is -2.97. The van der Waals surface area contributed by atoms with E-state index in [2.05, 4.69) is 20.7 Å². The summed E-state index contributed by atoms with van der Waals surface area (Å²) in [6.45, 7) is 0.0848. The number of hydrogen-bond acceptors (Lipinski definition) is 4. The second kappa shape index (κ2) is 5.99. The molecule has 1 heterocycles. The number of hydrogen-bond donors (Lipinski definition) is 3. The fraction of sp³-hybridized carbons (Fsp3) is 0.167. The molecule has 1 aromatic heterocycles. The Labute approximate surface area is 118 Å². The molecule has 0 aliphatic rings. The summed E-state index contributed by atoms with van der Waals surface area (Å²) in [7, 11) is 1.69. The van der Waals surface area contributed by atoms with Crippen molar-refractivity contribution in [3.8, 4) is 0 Å². The number of nitrogens with zero attached hydrogens (tertiary/aromatic N) is 3. The maximum Gasteiger partial charge on any atom is 0.335 e. The number of urea groups is 1. The Balaban J connectivity index is 1.94. The van der Waals surface area contributed by atoms with Crippen molar-refractivity contribution in [3.63, 3.8) is 0 Å². The van der Waals surface area contributed by atoms with Gasteiger partial charge in [-0.3, -0.25) is 4.68 Å². The largest absolute Gasteiger partial charge is 0.478 e. The number of aromatic nitrogens is 3. The molecule has 0 aliphatic heterocycles. The highest BCUT2D eigenvalue weighted by atomic mass is 19.1. The summed E-state index contributed by atoms with van der Waals surface area (Å²) in [6, 6.07) is 2.56. The molecular weight excluding hydrogens is 281 g/mol. The summed E-state index contributed by atoms with van der Waals surface area (Å²) >= 11 is 0. The minimum absolute atomic E-state index is 0.0848. The predicted molar refractivity (Wildman–Crippen MR) is 70.2 cm³/mol. The Morgan fingerprint density at radius 2 is 2.19 bits per heavy atom. The first-order chi connectivity index (χ1) is 9.95. The number of carboxylic acids is 1. The van der Waals surface area contributed by atoms with E-state index in [1.165, 1.54) is 23.1 Å². The molecule has 1 aromatic carbocycles. The maximum atomic E-state index is 13.6. The van der Waals surface area contributed by atoms with Crippen LogP contribution in [0.4, 0.5) is 14.9 Å². The monoisotopic (exact) mass is 293 g/mol. The molecule has 2 rings (SSSR count). The molecule has 9 heteroatoms. The number of halogens is 1.